The number of oxime groups is 1. The highest BCUT2D eigenvalue weighted by molar-refractivity contribution is 5.92. The lowest BCUT2D eigenvalue weighted by Gasteiger charge is -2.20. The number of imidazole rings is 1. The molecule has 0 radical (unpaired) electrons. The number of rotatable bonds is 8. The van der Waals surface area contributed by atoms with E-state index in [9.17, 15) is 4.79 Å². The molecule has 10 nitrogen and oxygen atoms in total. The number of nitrogens with one attached hydrogen (secondary N) is 2. The highest BCUT2D eigenvalue weighted by Crippen LogP contribution is 2.46. The summed E-state index contributed by atoms with van der Waals surface area (Å²) in [6, 6.07) is 8.80. The van der Waals surface area contributed by atoms with Crippen LogP contribution in [0.15, 0.2) is 40.6 Å². The number of carbonyl (C=O) groups excluding carboxylic acids is 1. The van der Waals surface area contributed by atoms with Crippen LogP contribution >= 0.6 is 0 Å². The van der Waals surface area contributed by atoms with Crippen molar-refractivity contribution in [2.24, 2.45) is 15.6 Å². The van der Waals surface area contributed by atoms with Gasteiger partial charge in [-0.2, -0.15) is 5.10 Å². The van der Waals surface area contributed by atoms with E-state index in [1.54, 1.807) is 0 Å². The molecule has 1 atom stereocenters. The summed E-state index contributed by atoms with van der Waals surface area (Å²) in [5.41, 5.74) is 9.07. The van der Waals surface area contributed by atoms with Gasteiger partial charge in [-0.25, -0.2) is 15.0 Å². The van der Waals surface area contributed by atoms with Gasteiger partial charge in [0.05, 0.1) is 22.8 Å². The number of aromatic amines is 1. The molecule has 6 rings (SSSR count). The predicted molar refractivity (Wildman–Crippen MR) is 169 cm³/mol. The molecule has 2 aliphatic rings. The second-order valence-electron chi connectivity index (χ2n) is 12.4. The minimum atomic E-state index is -0.131. The second kappa shape index (κ2) is 11.4. The number of carbonyl (C=O) groups is 1. The third-order valence-electron chi connectivity index (χ3n) is 8.83. The van der Waals surface area contributed by atoms with Crippen molar-refractivity contribution in [3.05, 3.63) is 53.0 Å². The first-order valence-corrected chi connectivity index (χ1v) is 15.2. The number of hydrogen-bond donors (Lipinski definition) is 2. The average molecular weight is 581 g/mol. The second-order valence-corrected chi connectivity index (χ2v) is 12.4. The zero-order chi connectivity index (χ0) is 30.3. The van der Waals surface area contributed by atoms with Crippen LogP contribution in [-0.4, -0.2) is 49.8 Å². The zero-order valence-electron chi connectivity index (χ0n) is 25.7. The Hall–Kier alpha value is -4.34. The third kappa shape index (κ3) is 5.58. The van der Waals surface area contributed by atoms with E-state index in [-0.39, 0.29) is 30.0 Å². The van der Waals surface area contributed by atoms with Crippen LogP contribution in [0, 0.1) is 19.3 Å². The van der Waals surface area contributed by atoms with Crippen LogP contribution in [-0.2, 0) is 16.1 Å². The van der Waals surface area contributed by atoms with Gasteiger partial charge in [-0.05, 0) is 82.6 Å². The van der Waals surface area contributed by atoms with Crippen LogP contribution in [0.5, 0.6) is 0 Å². The summed E-state index contributed by atoms with van der Waals surface area (Å²) < 4.78 is 2.04. The number of aromatic nitrogens is 5. The lowest BCUT2D eigenvalue weighted by molar-refractivity contribution is -0.120. The van der Waals surface area contributed by atoms with Gasteiger partial charge in [-0.15, -0.1) is 0 Å². The minimum absolute atomic E-state index is 0.0105. The first kappa shape index (κ1) is 28.8. The van der Waals surface area contributed by atoms with Crippen molar-refractivity contribution in [1.82, 2.24) is 30.0 Å². The third-order valence-corrected chi connectivity index (χ3v) is 8.83. The molecule has 0 bridgehead atoms. The molecule has 2 aliphatic carbocycles. The number of aliphatic imine (C=N–C) groups is 1. The number of aryl methyl sites for hydroxylation is 2. The van der Waals surface area contributed by atoms with Crippen LogP contribution in [0.3, 0.4) is 0 Å². The Balaban J connectivity index is 1.27. The van der Waals surface area contributed by atoms with E-state index < -0.39 is 0 Å². The first-order valence-electron chi connectivity index (χ1n) is 15.2. The average Bonchev–Trinajstić information content (AvgIpc) is 3.53. The number of benzene rings is 1. The fraction of sp³-hybridized carbons (Fsp3) is 0.455. The van der Waals surface area contributed by atoms with E-state index in [4.69, 9.17) is 14.9 Å². The Bertz CT molecular complexity index is 1730. The molecule has 1 saturated carbocycles. The summed E-state index contributed by atoms with van der Waals surface area (Å²) >= 11 is 0. The maximum atomic E-state index is 13.0. The molecular weight excluding hydrogens is 540 g/mol. The van der Waals surface area contributed by atoms with E-state index in [0.29, 0.717) is 11.5 Å². The van der Waals surface area contributed by atoms with Crippen molar-refractivity contribution < 1.29 is 9.63 Å². The van der Waals surface area contributed by atoms with Crippen LogP contribution in [0.2, 0.25) is 0 Å². The molecule has 224 valence electrons. The number of H-pyrrole nitrogens is 1. The van der Waals surface area contributed by atoms with Gasteiger partial charge in [0.15, 0.2) is 5.65 Å². The van der Waals surface area contributed by atoms with Crippen molar-refractivity contribution >= 4 is 29.7 Å². The normalized spacial score (nSPS) is 17.9. The van der Waals surface area contributed by atoms with Crippen LogP contribution in [0.4, 0.5) is 0 Å². The number of amides is 1. The van der Waals surface area contributed by atoms with Gasteiger partial charge in [-0.1, -0.05) is 36.7 Å². The standard InChI is InChI=1S/C33H40N8O2/c1-19(2)41-21(4)28(20(3)40-41)30-38-29-25(13-16-35-31(29)39-30)23-11-12-24-22(17-23)9-7-8-10-26(24)37-27(42)18-36-32(43-34-6)33(5)14-15-33/h11-13,16-17,19,26H,6-10,14-15,18H2,1-5H3,(H,37,42)(H,35,38,39). The molecule has 1 fully saturated rings. The van der Waals surface area contributed by atoms with E-state index in [1.165, 1.54) is 11.1 Å². The van der Waals surface area contributed by atoms with Gasteiger partial charge in [0.2, 0.25) is 11.8 Å². The number of nitrogens with zero attached hydrogens (tertiary/aromatic N) is 6. The number of fused-ring (bicyclic) bond motifs is 2. The Kier molecular flexibility index (Phi) is 7.62. The Morgan fingerprint density at radius 3 is 2.79 bits per heavy atom. The molecule has 1 amide bonds. The quantitative estimate of drug-likeness (QED) is 0.108. The monoisotopic (exact) mass is 580 g/mol. The largest absolute Gasteiger partial charge is 0.348 e. The number of hydrogen-bond acceptors (Lipinski definition) is 7. The van der Waals surface area contributed by atoms with Gasteiger partial charge < -0.3 is 15.1 Å². The summed E-state index contributed by atoms with van der Waals surface area (Å²) in [4.78, 5) is 35.7. The van der Waals surface area contributed by atoms with Crippen LogP contribution < -0.4 is 5.32 Å². The first-order chi connectivity index (χ1) is 20.7. The van der Waals surface area contributed by atoms with Gasteiger partial charge in [0.25, 0.3) is 0 Å². The van der Waals surface area contributed by atoms with Gasteiger partial charge in [-0.3, -0.25) is 9.48 Å². The molecule has 0 spiro atoms. The van der Waals surface area contributed by atoms with Crippen molar-refractivity contribution in [2.75, 3.05) is 6.54 Å². The molecular formula is C33H40N8O2. The van der Waals surface area contributed by atoms with Gasteiger partial charge >= 0.3 is 0 Å². The lowest BCUT2D eigenvalue weighted by atomic mass is 9.94. The molecule has 4 aromatic rings. The Morgan fingerprint density at radius 2 is 2.07 bits per heavy atom. The van der Waals surface area contributed by atoms with E-state index in [2.05, 4.69) is 78.0 Å². The summed E-state index contributed by atoms with van der Waals surface area (Å²) in [5, 5.41) is 11.5. The summed E-state index contributed by atoms with van der Waals surface area (Å²) in [7, 11) is 0. The predicted octanol–water partition coefficient (Wildman–Crippen LogP) is 6.40. The SMILES string of the molecule is C=NOC(=NCC(=O)NC1CCCCc2cc(-c3ccnc4nc(-c5c(C)nn(C(C)C)c5C)[nH]c34)ccc21)C1(C)CC1. The van der Waals surface area contributed by atoms with Crippen molar-refractivity contribution in [2.45, 2.75) is 85.2 Å². The molecule has 0 aliphatic heterocycles. The van der Waals surface area contributed by atoms with Crippen molar-refractivity contribution in [3.8, 4) is 22.5 Å². The van der Waals surface area contributed by atoms with E-state index >= 15 is 0 Å². The fourth-order valence-corrected chi connectivity index (χ4v) is 6.25. The lowest BCUT2D eigenvalue weighted by Crippen LogP contribution is -2.31. The van der Waals surface area contributed by atoms with Gasteiger partial charge in [0, 0.05) is 35.6 Å². The van der Waals surface area contributed by atoms with Crippen LogP contribution in [0.25, 0.3) is 33.7 Å². The minimum Gasteiger partial charge on any atom is -0.348 e. The summed E-state index contributed by atoms with van der Waals surface area (Å²) in [5.74, 6) is 1.15. The Morgan fingerprint density at radius 1 is 1.26 bits per heavy atom. The van der Waals surface area contributed by atoms with Crippen LogP contribution in [0.1, 0.15) is 87.5 Å². The van der Waals surface area contributed by atoms with E-state index in [1.807, 2.05) is 23.9 Å². The maximum Gasteiger partial charge on any atom is 0.242 e. The molecule has 10 heteroatoms. The molecule has 2 N–H and O–H groups in total. The molecule has 3 aromatic heterocycles. The topological polar surface area (TPSA) is 122 Å². The number of pyridine rings is 1. The Labute approximate surface area is 252 Å². The van der Waals surface area contributed by atoms with Crippen molar-refractivity contribution in [1.29, 1.82) is 0 Å². The highest BCUT2D eigenvalue weighted by Gasteiger charge is 2.45. The molecule has 3 heterocycles. The highest BCUT2D eigenvalue weighted by atomic mass is 16.6. The summed E-state index contributed by atoms with van der Waals surface area (Å²) in [6.45, 7) is 13.9. The maximum absolute atomic E-state index is 13.0. The smallest absolute Gasteiger partial charge is 0.242 e. The van der Waals surface area contributed by atoms with Gasteiger partial charge in [0.1, 0.15) is 12.4 Å². The molecule has 43 heavy (non-hydrogen) atoms. The van der Waals surface area contributed by atoms with Crippen molar-refractivity contribution in [3.63, 3.8) is 0 Å². The zero-order valence-corrected chi connectivity index (χ0v) is 25.7. The molecule has 0 saturated heterocycles. The summed E-state index contributed by atoms with van der Waals surface area (Å²) in [6.07, 6.45) is 7.74. The molecule has 1 unspecified atom stereocenters. The van der Waals surface area contributed by atoms with E-state index in [0.717, 1.165) is 77.9 Å². The fourth-order valence-electron chi connectivity index (χ4n) is 6.25. The molecule has 1 aromatic carbocycles.